The summed E-state index contributed by atoms with van der Waals surface area (Å²) in [6.45, 7) is 4.23. The lowest BCUT2D eigenvalue weighted by Gasteiger charge is -2.38. The molecule has 0 bridgehead atoms. The molecule has 1 aliphatic carbocycles. The maximum Gasteiger partial charge on any atom is 0.346 e. The fraction of sp³-hybridized carbons (Fsp3) is 0.375. The van der Waals surface area contributed by atoms with Crippen LogP contribution in [-0.4, -0.2) is 23.3 Å². The Balaban J connectivity index is 2.20. The number of amidine groups is 1. The van der Waals surface area contributed by atoms with Crippen molar-refractivity contribution in [1.82, 2.24) is 4.90 Å². The molecule has 1 atom stereocenters. The van der Waals surface area contributed by atoms with E-state index in [0.29, 0.717) is 12.4 Å². The van der Waals surface area contributed by atoms with Crippen molar-refractivity contribution in [2.75, 3.05) is 6.54 Å². The summed E-state index contributed by atoms with van der Waals surface area (Å²) in [5.41, 5.74) is 8.02. The zero-order chi connectivity index (χ0) is 14.2. The number of nitrogens with two attached hydrogens (primary N) is 1. The molecule has 1 unspecified atom stereocenters. The van der Waals surface area contributed by atoms with Crippen LogP contribution in [-0.2, 0) is 12.0 Å². The number of carbonyl (C=O) groups excluding carboxylic acids is 1. The van der Waals surface area contributed by atoms with Gasteiger partial charge in [0, 0.05) is 6.54 Å². The smallest absolute Gasteiger partial charge is 0.346 e. The van der Waals surface area contributed by atoms with Gasteiger partial charge in [-0.05, 0) is 36.8 Å². The van der Waals surface area contributed by atoms with Gasteiger partial charge in [0.05, 0.1) is 0 Å². The van der Waals surface area contributed by atoms with Crippen molar-refractivity contribution >= 4 is 11.9 Å². The quantitative estimate of drug-likeness (QED) is 0.839. The first kappa shape index (κ1) is 12.9. The van der Waals surface area contributed by atoms with Gasteiger partial charge in [0.1, 0.15) is 11.4 Å². The third-order valence-corrected chi connectivity index (χ3v) is 4.34. The van der Waals surface area contributed by atoms with Gasteiger partial charge in [-0.2, -0.15) is 4.99 Å². The normalized spacial score (nSPS) is 25.3. The largest absolute Gasteiger partial charge is 0.385 e. The third-order valence-electron chi connectivity index (χ3n) is 4.34. The van der Waals surface area contributed by atoms with Gasteiger partial charge in [-0.15, -0.1) is 6.58 Å². The van der Waals surface area contributed by atoms with E-state index < -0.39 is 5.54 Å². The summed E-state index contributed by atoms with van der Waals surface area (Å²) in [5, 5.41) is 0. The van der Waals surface area contributed by atoms with Gasteiger partial charge in [-0.25, -0.2) is 4.79 Å². The number of carbonyl (C=O) groups is 1. The van der Waals surface area contributed by atoms with E-state index in [1.165, 1.54) is 5.56 Å². The molecule has 0 radical (unpaired) electrons. The number of benzene rings is 1. The molecule has 1 spiro atoms. The minimum Gasteiger partial charge on any atom is -0.385 e. The molecule has 3 rings (SSSR count). The zero-order valence-corrected chi connectivity index (χ0v) is 11.5. The van der Waals surface area contributed by atoms with Crippen molar-refractivity contribution in [1.29, 1.82) is 0 Å². The Labute approximate surface area is 119 Å². The highest BCUT2D eigenvalue weighted by Crippen LogP contribution is 2.42. The molecule has 1 heterocycles. The Kier molecular flexibility index (Phi) is 3.08. The van der Waals surface area contributed by atoms with Crippen LogP contribution in [0.2, 0.25) is 0 Å². The average Bonchev–Trinajstić information content (AvgIpc) is 2.62. The number of urea groups is 1. The fourth-order valence-corrected chi connectivity index (χ4v) is 3.44. The van der Waals surface area contributed by atoms with E-state index in [1.807, 2.05) is 12.1 Å². The molecule has 1 aliphatic heterocycles. The summed E-state index contributed by atoms with van der Waals surface area (Å²) < 4.78 is 0. The van der Waals surface area contributed by atoms with Crippen LogP contribution in [0.25, 0.3) is 0 Å². The Morgan fingerprint density at radius 2 is 2.20 bits per heavy atom. The van der Waals surface area contributed by atoms with Gasteiger partial charge < -0.3 is 10.6 Å². The number of hydrogen-bond acceptors (Lipinski definition) is 2. The van der Waals surface area contributed by atoms with Crippen LogP contribution in [0.5, 0.6) is 0 Å². The number of nitrogens with zero attached hydrogens (tertiary/aromatic N) is 2. The summed E-state index contributed by atoms with van der Waals surface area (Å²) in [5.74, 6) is 0.429. The topological polar surface area (TPSA) is 58.7 Å². The van der Waals surface area contributed by atoms with Crippen molar-refractivity contribution in [3.63, 3.8) is 0 Å². The molecule has 0 aromatic heterocycles. The first-order valence-electron chi connectivity index (χ1n) is 7.05. The number of aliphatic imine (C=N–C) groups is 1. The van der Waals surface area contributed by atoms with Crippen LogP contribution in [0.1, 0.15) is 30.4 Å². The lowest BCUT2D eigenvalue weighted by molar-refractivity contribution is 0.174. The van der Waals surface area contributed by atoms with E-state index >= 15 is 0 Å². The second-order valence-corrected chi connectivity index (χ2v) is 5.40. The van der Waals surface area contributed by atoms with Crippen LogP contribution >= 0.6 is 0 Å². The van der Waals surface area contributed by atoms with Crippen LogP contribution in [0, 0.1) is 0 Å². The molecule has 104 valence electrons. The minimum atomic E-state index is -0.571. The lowest BCUT2D eigenvalue weighted by Crippen LogP contribution is -2.51. The number of aryl methyl sites for hydroxylation is 1. The van der Waals surface area contributed by atoms with Crippen molar-refractivity contribution in [3.05, 3.63) is 48.0 Å². The molecule has 0 fully saturated rings. The second-order valence-electron chi connectivity index (χ2n) is 5.40. The summed E-state index contributed by atoms with van der Waals surface area (Å²) in [6, 6.07) is 8.01. The molecule has 2 aliphatic rings. The number of rotatable bonds is 2. The van der Waals surface area contributed by atoms with Crippen molar-refractivity contribution < 1.29 is 4.79 Å². The number of hydrogen-bond donors (Lipinski definition) is 1. The van der Waals surface area contributed by atoms with Crippen LogP contribution in [0.15, 0.2) is 41.9 Å². The van der Waals surface area contributed by atoms with Gasteiger partial charge >= 0.3 is 6.03 Å². The van der Waals surface area contributed by atoms with Crippen LogP contribution < -0.4 is 5.73 Å². The summed E-state index contributed by atoms with van der Waals surface area (Å²) in [4.78, 5) is 18.0. The highest BCUT2D eigenvalue weighted by molar-refractivity contribution is 6.06. The molecule has 1 aromatic rings. The first-order chi connectivity index (χ1) is 9.70. The van der Waals surface area contributed by atoms with E-state index in [9.17, 15) is 4.79 Å². The molecular weight excluding hydrogens is 250 g/mol. The van der Waals surface area contributed by atoms with E-state index in [-0.39, 0.29) is 6.03 Å². The molecule has 2 N–H and O–H groups in total. The van der Waals surface area contributed by atoms with Gasteiger partial charge in [-0.1, -0.05) is 30.3 Å². The van der Waals surface area contributed by atoms with Gasteiger partial charge in [0.25, 0.3) is 0 Å². The lowest BCUT2D eigenvalue weighted by atomic mass is 9.82. The monoisotopic (exact) mass is 269 g/mol. The number of fused-ring (bicyclic) bond motifs is 2. The average molecular weight is 269 g/mol. The SMILES string of the molecule is C=CCN1C(=O)N=C(N)C12CCCCc1ccccc12. The van der Waals surface area contributed by atoms with Gasteiger partial charge in [0.2, 0.25) is 0 Å². The summed E-state index contributed by atoms with van der Waals surface area (Å²) in [7, 11) is 0. The summed E-state index contributed by atoms with van der Waals surface area (Å²) in [6.07, 6.45) is 5.75. The fourth-order valence-electron chi connectivity index (χ4n) is 3.44. The third kappa shape index (κ3) is 1.68. The van der Waals surface area contributed by atoms with Crippen LogP contribution in [0.3, 0.4) is 0 Å². The second kappa shape index (κ2) is 4.78. The Hall–Kier alpha value is -2.10. The minimum absolute atomic E-state index is 0.251. The van der Waals surface area contributed by atoms with E-state index in [2.05, 4.69) is 23.7 Å². The van der Waals surface area contributed by atoms with Gasteiger partial charge in [0.15, 0.2) is 0 Å². The van der Waals surface area contributed by atoms with Crippen LogP contribution in [0.4, 0.5) is 4.79 Å². The first-order valence-corrected chi connectivity index (χ1v) is 7.05. The molecule has 20 heavy (non-hydrogen) atoms. The molecule has 0 saturated carbocycles. The van der Waals surface area contributed by atoms with Crippen molar-refractivity contribution in [2.45, 2.75) is 31.2 Å². The maximum absolute atomic E-state index is 12.2. The van der Waals surface area contributed by atoms with Crippen molar-refractivity contribution in [2.24, 2.45) is 10.7 Å². The standard InChI is InChI=1S/C16H19N3O/c1-2-11-19-15(20)18-14(17)16(19)10-6-5-8-12-7-3-4-9-13(12)16/h2-4,7,9H,1,5-6,8,10-11H2,(H2,17,18,20). The van der Waals surface area contributed by atoms with E-state index in [4.69, 9.17) is 5.73 Å². The van der Waals surface area contributed by atoms with E-state index in [0.717, 1.165) is 31.2 Å². The molecule has 0 saturated heterocycles. The highest BCUT2D eigenvalue weighted by Gasteiger charge is 2.50. The van der Waals surface area contributed by atoms with Crippen molar-refractivity contribution in [3.8, 4) is 0 Å². The Morgan fingerprint density at radius 3 is 3.00 bits per heavy atom. The maximum atomic E-state index is 12.2. The number of amides is 2. The molecule has 4 nitrogen and oxygen atoms in total. The Bertz CT molecular complexity index is 593. The molecule has 1 aromatic carbocycles. The zero-order valence-electron chi connectivity index (χ0n) is 11.5. The predicted octanol–water partition coefficient (Wildman–Crippen LogP) is 2.59. The molecular formula is C16H19N3O. The highest BCUT2D eigenvalue weighted by atomic mass is 16.2. The molecule has 4 heteroatoms. The summed E-state index contributed by atoms with van der Waals surface area (Å²) >= 11 is 0. The Morgan fingerprint density at radius 1 is 1.40 bits per heavy atom. The van der Waals surface area contributed by atoms with Gasteiger partial charge in [-0.3, -0.25) is 0 Å². The molecule has 2 amide bonds. The predicted molar refractivity (Wildman–Crippen MR) is 79.6 cm³/mol. The van der Waals surface area contributed by atoms with E-state index in [1.54, 1.807) is 11.0 Å².